The average Bonchev–Trinajstić information content (AvgIpc) is 2.57. The van der Waals surface area contributed by atoms with E-state index in [9.17, 15) is 13.9 Å². The highest BCUT2D eigenvalue weighted by Crippen LogP contribution is 2.36. The van der Waals surface area contributed by atoms with Crippen molar-refractivity contribution in [1.82, 2.24) is 4.98 Å². The minimum atomic E-state index is -2.88. The van der Waals surface area contributed by atoms with Gasteiger partial charge in [-0.05, 0) is 39.8 Å². The van der Waals surface area contributed by atoms with Crippen LogP contribution in [0, 0.1) is 0 Å². The molecule has 1 aromatic rings. The molecule has 1 aliphatic rings. The molecule has 0 spiro atoms. The van der Waals surface area contributed by atoms with Crippen LogP contribution in [0.2, 0.25) is 0 Å². The number of aromatic nitrogens is 1. The molecular formula is C13H18BF2NO3. The van der Waals surface area contributed by atoms with Gasteiger partial charge in [0.15, 0.2) is 6.10 Å². The van der Waals surface area contributed by atoms with Crippen LogP contribution >= 0.6 is 0 Å². The van der Waals surface area contributed by atoms with E-state index < -0.39 is 30.8 Å². The van der Waals surface area contributed by atoms with Gasteiger partial charge >= 0.3 is 7.12 Å². The van der Waals surface area contributed by atoms with E-state index in [2.05, 4.69) is 4.98 Å². The van der Waals surface area contributed by atoms with Crippen LogP contribution in [0.5, 0.6) is 0 Å². The van der Waals surface area contributed by atoms with E-state index in [1.807, 2.05) is 27.7 Å². The lowest BCUT2D eigenvalue weighted by atomic mass is 9.84. The number of aliphatic hydroxyl groups excluding tert-OH is 1. The SMILES string of the molecule is CC1(C)OB(c2cccc(C(O)C(F)F)n2)OC1(C)C. The van der Waals surface area contributed by atoms with Crippen molar-refractivity contribution in [3.8, 4) is 0 Å². The molecular weight excluding hydrogens is 267 g/mol. The Morgan fingerprint density at radius 1 is 1.15 bits per heavy atom. The van der Waals surface area contributed by atoms with E-state index >= 15 is 0 Å². The van der Waals surface area contributed by atoms with Crippen molar-refractivity contribution < 1.29 is 23.2 Å². The predicted molar refractivity (Wildman–Crippen MR) is 70.9 cm³/mol. The fourth-order valence-corrected chi connectivity index (χ4v) is 1.86. The second-order valence-electron chi connectivity index (χ2n) is 5.85. The average molecular weight is 285 g/mol. The van der Waals surface area contributed by atoms with Gasteiger partial charge in [0.05, 0.1) is 22.5 Å². The van der Waals surface area contributed by atoms with Crippen LogP contribution in [-0.4, -0.2) is 34.8 Å². The highest BCUT2D eigenvalue weighted by molar-refractivity contribution is 6.61. The van der Waals surface area contributed by atoms with Gasteiger partial charge in [0.2, 0.25) is 0 Å². The van der Waals surface area contributed by atoms with Crippen LogP contribution in [0.1, 0.15) is 39.5 Å². The normalized spacial score (nSPS) is 22.3. The summed E-state index contributed by atoms with van der Waals surface area (Å²) in [5, 5.41) is 9.38. The zero-order valence-electron chi connectivity index (χ0n) is 11.9. The summed E-state index contributed by atoms with van der Waals surface area (Å²) in [6.07, 6.45) is -4.78. The molecule has 1 unspecified atom stereocenters. The van der Waals surface area contributed by atoms with Crippen LogP contribution < -0.4 is 5.59 Å². The standard InChI is InChI=1S/C13H18BF2NO3/c1-12(2)13(3,4)20-14(19-12)9-7-5-6-8(17-9)10(18)11(15)16/h5-7,10-11,18H,1-4H3. The molecule has 0 aromatic carbocycles. The number of rotatable bonds is 3. The van der Waals surface area contributed by atoms with E-state index in [-0.39, 0.29) is 5.69 Å². The van der Waals surface area contributed by atoms with Gasteiger partial charge in [0, 0.05) is 0 Å². The third-order valence-corrected chi connectivity index (χ3v) is 3.83. The summed E-state index contributed by atoms with van der Waals surface area (Å²) < 4.78 is 36.6. The van der Waals surface area contributed by atoms with Crippen LogP contribution in [0.4, 0.5) is 8.78 Å². The molecule has 0 amide bonds. The Balaban J connectivity index is 2.25. The first-order valence-electron chi connectivity index (χ1n) is 6.43. The number of hydrogen-bond donors (Lipinski definition) is 1. The van der Waals surface area contributed by atoms with E-state index in [1.165, 1.54) is 6.07 Å². The highest BCUT2D eigenvalue weighted by atomic mass is 19.3. The molecule has 1 atom stereocenters. The molecule has 1 saturated heterocycles. The number of alkyl halides is 2. The topological polar surface area (TPSA) is 51.6 Å². The molecule has 2 rings (SSSR count). The molecule has 1 N–H and O–H groups in total. The first-order chi connectivity index (χ1) is 9.14. The van der Waals surface area contributed by atoms with Crippen molar-refractivity contribution in [3.05, 3.63) is 23.9 Å². The Labute approximate surface area is 117 Å². The lowest BCUT2D eigenvalue weighted by molar-refractivity contribution is -0.00812. The van der Waals surface area contributed by atoms with Crippen molar-refractivity contribution in [2.24, 2.45) is 0 Å². The van der Waals surface area contributed by atoms with Crippen LogP contribution in [0.15, 0.2) is 18.2 Å². The Morgan fingerprint density at radius 2 is 1.70 bits per heavy atom. The first-order valence-corrected chi connectivity index (χ1v) is 6.43. The molecule has 0 radical (unpaired) electrons. The molecule has 0 aliphatic carbocycles. The molecule has 1 fully saturated rings. The van der Waals surface area contributed by atoms with Crippen molar-refractivity contribution in [2.75, 3.05) is 0 Å². The van der Waals surface area contributed by atoms with Gasteiger partial charge in [-0.2, -0.15) is 0 Å². The molecule has 7 heteroatoms. The van der Waals surface area contributed by atoms with E-state index in [4.69, 9.17) is 9.31 Å². The van der Waals surface area contributed by atoms with Crippen molar-refractivity contribution >= 4 is 12.7 Å². The molecule has 4 nitrogen and oxygen atoms in total. The largest absolute Gasteiger partial charge is 0.514 e. The second kappa shape index (κ2) is 5.05. The van der Waals surface area contributed by atoms with Crippen LogP contribution in [0.25, 0.3) is 0 Å². The number of nitrogens with zero attached hydrogens (tertiary/aromatic N) is 1. The monoisotopic (exact) mass is 285 g/mol. The second-order valence-corrected chi connectivity index (χ2v) is 5.85. The third kappa shape index (κ3) is 2.70. The molecule has 0 saturated carbocycles. The fourth-order valence-electron chi connectivity index (χ4n) is 1.86. The molecule has 110 valence electrons. The fraction of sp³-hybridized carbons (Fsp3) is 0.615. The zero-order valence-corrected chi connectivity index (χ0v) is 11.9. The lowest BCUT2D eigenvalue weighted by Crippen LogP contribution is -2.41. The molecule has 2 heterocycles. The van der Waals surface area contributed by atoms with Gasteiger partial charge in [-0.15, -0.1) is 0 Å². The van der Waals surface area contributed by atoms with E-state index in [1.54, 1.807) is 12.1 Å². The Hall–Kier alpha value is -1.05. The quantitative estimate of drug-likeness (QED) is 0.858. The Morgan fingerprint density at radius 3 is 2.20 bits per heavy atom. The maximum atomic E-state index is 12.5. The minimum absolute atomic E-state index is 0.0905. The number of pyridine rings is 1. The maximum absolute atomic E-state index is 12.5. The highest BCUT2D eigenvalue weighted by Gasteiger charge is 2.52. The van der Waals surface area contributed by atoms with Gasteiger partial charge in [0.1, 0.15) is 0 Å². The zero-order chi connectivity index (χ0) is 15.1. The van der Waals surface area contributed by atoms with Gasteiger partial charge in [-0.1, -0.05) is 6.07 Å². The molecule has 0 bridgehead atoms. The van der Waals surface area contributed by atoms with E-state index in [0.29, 0.717) is 5.59 Å². The summed E-state index contributed by atoms with van der Waals surface area (Å²) in [5.74, 6) is 0. The van der Waals surface area contributed by atoms with Crippen LogP contribution in [-0.2, 0) is 9.31 Å². The number of aliphatic hydroxyl groups is 1. The summed E-state index contributed by atoms with van der Waals surface area (Å²) in [6.45, 7) is 7.57. The Bertz CT molecular complexity index is 480. The van der Waals surface area contributed by atoms with Gasteiger partial charge in [-0.25, -0.2) is 8.78 Å². The van der Waals surface area contributed by atoms with Gasteiger partial charge in [-0.3, -0.25) is 4.98 Å². The molecule has 20 heavy (non-hydrogen) atoms. The Kier molecular flexibility index (Phi) is 3.88. The smallest absolute Gasteiger partial charge is 0.398 e. The van der Waals surface area contributed by atoms with Crippen molar-refractivity contribution in [3.63, 3.8) is 0 Å². The van der Waals surface area contributed by atoms with Crippen LogP contribution in [0.3, 0.4) is 0 Å². The summed E-state index contributed by atoms with van der Waals surface area (Å²) in [4.78, 5) is 4.03. The number of halogens is 2. The summed E-state index contributed by atoms with van der Waals surface area (Å²) in [6, 6.07) is 4.53. The van der Waals surface area contributed by atoms with E-state index in [0.717, 1.165) is 0 Å². The first kappa shape index (κ1) is 15.3. The number of hydrogen-bond acceptors (Lipinski definition) is 4. The van der Waals surface area contributed by atoms with Crippen molar-refractivity contribution in [1.29, 1.82) is 0 Å². The van der Waals surface area contributed by atoms with Crippen molar-refractivity contribution in [2.45, 2.75) is 51.4 Å². The summed E-state index contributed by atoms with van der Waals surface area (Å²) >= 11 is 0. The minimum Gasteiger partial charge on any atom is -0.398 e. The lowest BCUT2D eigenvalue weighted by Gasteiger charge is -2.32. The summed E-state index contributed by atoms with van der Waals surface area (Å²) in [7, 11) is -0.732. The van der Waals surface area contributed by atoms with Gasteiger partial charge < -0.3 is 14.4 Å². The third-order valence-electron chi connectivity index (χ3n) is 3.83. The predicted octanol–water partition coefficient (Wildman–Crippen LogP) is 1.68. The molecule has 1 aromatic heterocycles. The molecule has 1 aliphatic heterocycles. The van der Waals surface area contributed by atoms with Gasteiger partial charge in [0.25, 0.3) is 6.43 Å². The summed E-state index contributed by atoms with van der Waals surface area (Å²) in [5.41, 5.74) is -0.777. The maximum Gasteiger partial charge on any atom is 0.514 e.